The lowest BCUT2D eigenvalue weighted by atomic mass is 10.3. The highest BCUT2D eigenvalue weighted by molar-refractivity contribution is 5.74. The molecule has 0 amide bonds. The molecule has 0 aliphatic carbocycles. The molecule has 0 fully saturated rings. The molecule has 4 rings (SSSR count). The minimum absolute atomic E-state index is 0.708. The second kappa shape index (κ2) is 10.1. The highest BCUT2D eigenvalue weighted by atomic mass is 15.1. The molecule has 0 radical (unpaired) electrons. The van der Waals surface area contributed by atoms with E-state index in [2.05, 4.69) is 25.6 Å². The van der Waals surface area contributed by atoms with E-state index in [4.69, 9.17) is 0 Å². The molecule has 7 heteroatoms. The van der Waals surface area contributed by atoms with Crippen molar-refractivity contribution in [3.05, 3.63) is 55.4 Å². The summed E-state index contributed by atoms with van der Waals surface area (Å²) in [6, 6.07) is 8.02. The number of aryl methyl sites for hydroxylation is 1. The Kier molecular flexibility index (Phi) is 7.56. The minimum atomic E-state index is 0.708. The van der Waals surface area contributed by atoms with Crippen LogP contribution in [0.4, 0.5) is 17.2 Å². The minimum Gasteiger partial charge on any atom is -0.388 e. The van der Waals surface area contributed by atoms with Crippen molar-refractivity contribution in [1.29, 1.82) is 0 Å². The van der Waals surface area contributed by atoms with Gasteiger partial charge in [-0.05, 0) is 18.2 Å². The molecule has 4 aromatic rings. The first-order valence-electron chi connectivity index (χ1n) is 9.60. The summed E-state index contributed by atoms with van der Waals surface area (Å²) in [5.41, 5.74) is 4.72. The zero-order valence-corrected chi connectivity index (χ0v) is 17.4. The van der Waals surface area contributed by atoms with Gasteiger partial charge in [-0.2, -0.15) is 0 Å². The van der Waals surface area contributed by atoms with E-state index < -0.39 is 0 Å². The largest absolute Gasteiger partial charge is 0.388 e. The first kappa shape index (κ1) is 21.0. The van der Waals surface area contributed by atoms with Gasteiger partial charge in [0.1, 0.15) is 0 Å². The van der Waals surface area contributed by atoms with Gasteiger partial charge >= 0.3 is 0 Å². The van der Waals surface area contributed by atoms with Gasteiger partial charge in [0.15, 0.2) is 11.5 Å². The molecule has 0 aliphatic rings. The standard InChI is InChI=1S/C17H17N7.2C2H6/c1-18-12-4-3-5-13(8-12)22-16-17-21-10-15(24(17)7-6-20-16)14-9-19-11-23(14)2;2*1-2/h3-11,18H,1-2H3,(H,20,22);2*1-2H3. The third kappa shape index (κ3) is 4.31. The first-order valence-corrected chi connectivity index (χ1v) is 9.60. The summed E-state index contributed by atoms with van der Waals surface area (Å²) in [7, 11) is 3.86. The molecule has 148 valence electrons. The molecule has 0 saturated carbocycles. The van der Waals surface area contributed by atoms with Crippen molar-refractivity contribution in [2.24, 2.45) is 7.05 Å². The van der Waals surface area contributed by atoms with Crippen LogP contribution in [0.15, 0.2) is 55.4 Å². The number of anilines is 3. The van der Waals surface area contributed by atoms with Crippen LogP contribution in [0.5, 0.6) is 0 Å². The second-order valence-electron chi connectivity index (χ2n) is 5.46. The normalized spacial score (nSPS) is 9.79. The van der Waals surface area contributed by atoms with Gasteiger partial charge in [-0.1, -0.05) is 33.8 Å². The zero-order chi connectivity index (χ0) is 20.5. The molecular weight excluding hydrogens is 350 g/mol. The molecular formula is C21H29N7. The van der Waals surface area contributed by atoms with E-state index in [0.717, 1.165) is 28.4 Å². The lowest BCUT2D eigenvalue weighted by Gasteiger charge is -2.09. The van der Waals surface area contributed by atoms with Crippen LogP contribution >= 0.6 is 0 Å². The van der Waals surface area contributed by atoms with Crippen LogP contribution < -0.4 is 10.6 Å². The Morgan fingerprint density at radius 1 is 0.929 bits per heavy atom. The SMILES string of the molecule is CC.CC.CNc1cccc(Nc2nccn3c(-c4cncn4C)cnc23)c1. The number of nitrogens with one attached hydrogen (secondary N) is 2. The second-order valence-corrected chi connectivity index (χ2v) is 5.46. The van der Waals surface area contributed by atoms with E-state index in [-0.39, 0.29) is 0 Å². The van der Waals surface area contributed by atoms with E-state index in [9.17, 15) is 0 Å². The van der Waals surface area contributed by atoms with Crippen molar-refractivity contribution in [2.75, 3.05) is 17.7 Å². The monoisotopic (exact) mass is 379 g/mol. The van der Waals surface area contributed by atoms with Crippen molar-refractivity contribution in [1.82, 2.24) is 23.9 Å². The van der Waals surface area contributed by atoms with Crippen LogP contribution in [-0.4, -0.2) is 31.0 Å². The summed E-state index contributed by atoms with van der Waals surface area (Å²) in [5, 5.41) is 6.47. The maximum absolute atomic E-state index is 4.54. The van der Waals surface area contributed by atoms with E-state index >= 15 is 0 Å². The van der Waals surface area contributed by atoms with Crippen LogP contribution in [0, 0.1) is 0 Å². The number of aromatic nitrogens is 5. The van der Waals surface area contributed by atoms with Gasteiger partial charge in [-0.3, -0.25) is 4.40 Å². The summed E-state index contributed by atoms with van der Waals surface area (Å²) >= 11 is 0. The highest BCUT2D eigenvalue weighted by Gasteiger charge is 2.12. The number of imidazole rings is 2. The molecule has 0 atom stereocenters. The van der Waals surface area contributed by atoms with Crippen molar-refractivity contribution in [3.8, 4) is 11.4 Å². The van der Waals surface area contributed by atoms with Gasteiger partial charge in [0, 0.05) is 37.9 Å². The molecule has 0 spiro atoms. The van der Waals surface area contributed by atoms with E-state index in [1.165, 1.54) is 0 Å². The molecule has 0 bridgehead atoms. The molecule has 3 heterocycles. The Labute approximate surface area is 166 Å². The number of nitrogens with zero attached hydrogens (tertiary/aromatic N) is 5. The van der Waals surface area contributed by atoms with Crippen molar-refractivity contribution < 1.29 is 0 Å². The van der Waals surface area contributed by atoms with Crippen molar-refractivity contribution >= 4 is 22.8 Å². The third-order valence-corrected chi connectivity index (χ3v) is 3.92. The number of rotatable bonds is 4. The van der Waals surface area contributed by atoms with Gasteiger partial charge in [-0.25, -0.2) is 15.0 Å². The summed E-state index contributed by atoms with van der Waals surface area (Å²) in [6.45, 7) is 8.00. The van der Waals surface area contributed by atoms with Gasteiger partial charge in [0.2, 0.25) is 0 Å². The van der Waals surface area contributed by atoms with Gasteiger partial charge < -0.3 is 15.2 Å². The predicted octanol–water partition coefficient (Wildman–Crippen LogP) is 4.97. The van der Waals surface area contributed by atoms with Crippen LogP contribution in [0.1, 0.15) is 27.7 Å². The number of hydrogen-bond acceptors (Lipinski definition) is 5. The van der Waals surface area contributed by atoms with Crippen molar-refractivity contribution in [3.63, 3.8) is 0 Å². The summed E-state index contributed by atoms with van der Waals surface area (Å²) < 4.78 is 3.97. The molecule has 2 N–H and O–H groups in total. The Morgan fingerprint density at radius 2 is 1.68 bits per heavy atom. The summed E-state index contributed by atoms with van der Waals surface area (Å²) in [6.07, 6.45) is 9.10. The average molecular weight is 380 g/mol. The Morgan fingerprint density at radius 3 is 2.36 bits per heavy atom. The average Bonchev–Trinajstić information content (AvgIpc) is 3.37. The van der Waals surface area contributed by atoms with Crippen LogP contribution in [0.3, 0.4) is 0 Å². The third-order valence-electron chi connectivity index (χ3n) is 3.92. The van der Waals surface area contributed by atoms with E-state index in [0.29, 0.717) is 5.82 Å². The number of fused-ring (bicyclic) bond motifs is 1. The molecule has 1 aromatic carbocycles. The fourth-order valence-corrected chi connectivity index (χ4v) is 2.69. The Bertz CT molecular complexity index is 1000. The fraction of sp³-hybridized carbons (Fsp3) is 0.286. The summed E-state index contributed by atoms with van der Waals surface area (Å²) in [4.78, 5) is 13.2. The topological polar surface area (TPSA) is 72.1 Å². The zero-order valence-electron chi connectivity index (χ0n) is 17.4. The van der Waals surface area contributed by atoms with E-state index in [1.807, 2.05) is 93.6 Å². The number of hydrogen-bond donors (Lipinski definition) is 2. The summed E-state index contributed by atoms with van der Waals surface area (Å²) in [5.74, 6) is 0.708. The maximum atomic E-state index is 4.54. The van der Waals surface area contributed by atoms with Crippen molar-refractivity contribution in [2.45, 2.75) is 27.7 Å². The number of benzene rings is 1. The van der Waals surface area contributed by atoms with Gasteiger partial charge in [0.25, 0.3) is 0 Å². The lowest BCUT2D eigenvalue weighted by molar-refractivity contribution is 0.913. The fourth-order valence-electron chi connectivity index (χ4n) is 2.69. The Balaban J connectivity index is 0.000000660. The predicted molar refractivity (Wildman–Crippen MR) is 117 cm³/mol. The quantitative estimate of drug-likeness (QED) is 0.524. The Hall–Kier alpha value is -3.35. The smallest absolute Gasteiger partial charge is 0.180 e. The molecule has 3 aromatic heterocycles. The molecule has 0 aliphatic heterocycles. The van der Waals surface area contributed by atoms with Gasteiger partial charge in [0.05, 0.1) is 30.1 Å². The maximum Gasteiger partial charge on any atom is 0.180 e. The molecule has 28 heavy (non-hydrogen) atoms. The molecule has 0 unspecified atom stereocenters. The molecule has 0 saturated heterocycles. The van der Waals surface area contributed by atoms with Crippen LogP contribution in [0.25, 0.3) is 17.0 Å². The van der Waals surface area contributed by atoms with E-state index in [1.54, 1.807) is 12.5 Å². The molecule has 7 nitrogen and oxygen atoms in total. The van der Waals surface area contributed by atoms with Gasteiger partial charge in [-0.15, -0.1) is 0 Å². The lowest BCUT2D eigenvalue weighted by Crippen LogP contribution is -2.00. The highest BCUT2D eigenvalue weighted by Crippen LogP contribution is 2.25. The van der Waals surface area contributed by atoms with Crippen LogP contribution in [-0.2, 0) is 7.05 Å². The van der Waals surface area contributed by atoms with Crippen LogP contribution in [0.2, 0.25) is 0 Å². The first-order chi connectivity index (χ1) is 13.8.